The highest BCUT2D eigenvalue weighted by Crippen LogP contribution is 2.15. The number of hydrogen-bond acceptors (Lipinski definition) is 2. The normalized spacial score (nSPS) is 12.5. The molecule has 1 rings (SSSR count). The number of carboxylic acid groups (broad SMARTS) is 1. The Hall–Kier alpha value is -1.56. The maximum absolute atomic E-state index is 13.0. The Morgan fingerprint density at radius 1 is 1.19 bits per heavy atom. The molecule has 88 valence electrons. The van der Waals surface area contributed by atoms with E-state index in [4.69, 9.17) is 10.2 Å². The molecular weight excluding hydrogens is 225 g/mol. The Balaban J connectivity index is 2.74. The summed E-state index contributed by atoms with van der Waals surface area (Å²) >= 11 is 0. The van der Waals surface area contributed by atoms with Gasteiger partial charge in [0, 0.05) is 6.07 Å². The number of halogens is 3. The van der Waals surface area contributed by atoms with Crippen LogP contribution in [0.25, 0.3) is 0 Å². The van der Waals surface area contributed by atoms with Gasteiger partial charge in [-0.1, -0.05) is 0 Å². The van der Waals surface area contributed by atoms with Gasteiger partial charge in [0.05, 0.1) is 0 Å². The van der Waals surface area contributed by atoms with Gasteiger partial charge < -0.3 is 10.2 Å². The van der Waals surface area contributed by atoms with Crippen molar-refractivity contribution >= 4 is 5.97 Å². The fourth-order valence-electron chi connectivity index (χ4n) is 1.17. The van der Waals surface area contributed by atoms with Crippen LogP contribution in [0.1, 0.15) is 12.0 Å². The van der Waals surface area contributed by atoms with E-state index in [1.807, 2.05) is 0 Å². The summed E-state index contributed by atoms with van der Waals surface area (Å²) in [5.41, 5.74) is -0.167. The third-order valence-electron chi connectivity index (χ3n) is 2.06. The molecular formula is C10H9F3O3. The van der Waals surface area contributed by atoms with Gasteiger partial charge in [-0.25, -0.2) is 18.0 Å². The molecule has 0 saturated carbocycles. The van der Waals surface area contributed by atoms with Crippen LogP contribution in [0.3, 0.4) is 0 Å². The van der Waals surface area contributed by atoms with Gasteiger partial charge in [-0.2, -0.15) is 0 Å². The van der Waals surface area contributed by atoms with Gasteiger partial charge in [0.2, 0.25) is 0 Å². The molecule has 2 N–H and O–H groups in total. The highest BCUT2D eigenvalue weighted by molar-refractivity contribution is 5.71. The predicted molar refractivity (Wildman–Crippen MR) is 48.3 cm³/mol. The first kappa shape index (κ1) is 12.5. The van der Waals surface area contributed by atoms with Crippen molar-refractivity contribution in [3.05, 3.63) is 35.1 Å². The lowest BCUT2D eigenvalue weighted by Crippen LogP contribution is -2.20. The number of aliphatic carboxylic acids is 1. The Morgan fingerprint density at radius 3 is 2.31 bits per heavy atom. The quantitative estimate of drug-likeness (QED) is 0.776. The zero-order chi connectivity index (χ0) is 12.3. The zero-order valence-corrected chi connectivity index (χ0v) is 8.08. The van der Waals surface area contributed by atoms with Crippen molar-refractivity contribution in [2.75, 3.05) is 0 Å². The molecule has 0 heterocycles. The SMILES string of the molecule is O=C(O)C(O)CCc1cc(F)c(F)cc1F. The summed E-state index contributed by atoms with van der Waals surface area (Å²) in [5, 5.41) is 17.3. The van der Waals surface area contributed by atoms with E-state index in [0.29, 0.717) is 12.1 Å². The topological polar surface area (TPSA) is 57.5 Å². The van der Waals surface area contributed by atoms with Crippen molar-refractivity contribution in [3.63, 3.8) is 0 Å². The lowest BCUT2D eigenvalue weighted by Gasteiger charge is -2.06. The number of aliphatic hydroxyl groups is 1. The summed E-state index contributed by atoms with van der Waals surface area (Å²) in [5.74, 6) is -4.92. The van der Waals surface area contributed by atoms with E-state index in [1.54, 1.807) is 0 Å². The van der Waals surface area contributed by atoms with E-state index in [1.165, 1.54) is 0 Å². The van der Waals surface area contributed by atoms with E-state index in [0.717, 1.165) is 0 Å². The number of carbonyl (C=O) groups is 1. The molecule has 16 heavy (non-hydrogen) atoms. The molecule has 0 bridgehead atoms. The van der Waals surface area contributed by atoms with E-state index >= 15 is 0 Å². The van der Waals surface area contributed by atoms with E-state index < -0.39 is 29.5 Å². The first-order chi connectivity index (χ1) is 7.41. The zero-order valence-electron chi connectivity index (χ0n) is 8.08. The van der Waals surface area contributed by atoms with Crippen LogP contribution in [0.4, 0.5) is 13.2 Å². The number of rotatable bonds is 4. The lowest BCUT2D eigenvalue weighted by atomic mass is 10.1. The van der Waals surface area contributed by atoms with E-state index in [9.17, 15) is 18.0 Å². The molecule has 0 amide bonds. The summed E-state index contributed by atoms with van der Waals surface area (Å²) in [7, 11) is 0. The molecule has 0 fully saturated rings. The summed E-state index contributed by atoms with van der Waals surface area (Å²) in [6.45, 7) is 0. The minimum Gasteiger partial charge on any atom is -0.479 e. The molecule has 3 nitrogen and oxygen atoms in total. The Kier molecular flexibility index (Phi) is 3.89. The standard InChI is InChI=1S/C10H9F3O3/c11-6-4-8(13)7(12)3-5(6)1-2-9(14)10(15)16/h3-4,9,14H,1-2H2,(H,15,16). The number of hydrogen-bond donors (Lipinski definition) is 2. The summed E-state index contributed by atoms with van der Waals surface area (Å²) in [6.07, 6.45) is -2.10. The van der Waals surface area contributed by atoms with Crippen LogP contribution >= 0.6 is 0 Å². The molecule has 1 aromatic rings. The summed E-state index contributed by atoms with van der Waals surface area (Å²) < 4.78 is 38.3. The predicted octanol–water partition coefficient (Wildman–Crippen LogP) is 1.48. The van der Waals surface area contributed by atoms with Crippen LogP contribution in [0, 0.1) is 17.5 Å². The summed E-state index contributed by atoms with van der Waals surface area (Å²) in [6, 6.07) is 1.04. The van der Waals surface area contributed by atoms with Gasteiger partial charge >= 0.3 is 5.97 Å². The van der Waals surface area contributed by atoms with Gasteiger partial charge in [0.1, 0.15) is 5.82 Å². The lowest BCUT2D eigenvalue weighted by molar-refractivity contribution is -0.146. The van der Waals surface area contributed by atoms with Crippen molar-refractivity contribution in [2.45, 2.75) is 18.9 Å². The van der Waals surface area contributed by atoms with Gasteiger partial charge in [-0.05, 0) is 24.5 Å². The van der Waals surface area contributed by atoms with Crippen LogP contribution in [0.2, 0.25) is 0 Å². The molecule has 0 aliphatic rings. The molecule has 0 aliphatic heterocycles. The van der Waals surface area contributed by atoms with Gasteiger partial charge in [0.15, 0.2) is 17.7 Å². The number of carboxylic acids is 1. The van der Waals surface area contributed by atoms with Gasteiger partial charge in [-0.3, -0.25) is 0 Å². The smallest absolute Gasteiger partial charge is 0.332 e. The average molecular weight is 234 g/mol. The first-order valence-corrected chi connectivity index (χ1v) is 4.46. The summed E-state index contributed by atoms with van der Waals surface area (Å²) in [4.78, 5) is 10.2. The second-order valence-electron chi connectivity index (χ2n) is 3.25. The fourth-order valence-corrected chi connectivity index (χ4v) is 1.17. The highest BCUT2D eigenvalue weighted by atomic mass is 19.2. The number of aryl methyl sites for hydroxylation is 1. The van der Waals surface area contributed by atoms with E-state index in [2.05, 4.69) is 0 Å². The van der Waals surface area contributed by atoms with Crippen LogP contribution in [-0.4, -0.2) is 22.3 Å². The second kappa shape index (κ2) is 4.98. The van der Waals surface area contributed by atoms with Gasteiger partial charge in [-0.15, -0.1) is 0 Å². The fraction of sp³-hybridized carbons (Fsp3) is 0.300. The van der Waals surface area contributed by atoms with Crippen molar-refractivity contribution < 1.29 is 28.2 Å². The Labute approximate surface area is 89.1 Å². The van der Waals surface area contributed by atoms with Crippen molar-refractivity contribution in [1.29, 1.82) is 0 Å². The van der Waals surface area contributed by atoms with Crippen LogP contribution < -0.4 is 0 Å². The molecule has 0 spiro atoms. The first-order valence-electron chi connectivity index (χ1n) is 4.46. The third kappa shape index (κ3) is 2.96. The molecule has 0 radical (unpaired) electrons. The molecule has 1 unspecified atom stereocenters. The molecule has 1 aromatic carbocycles. The molecule has 1 atom stereocenters. The van der Waals surface area contributed by atoms with Gasteiger partial charge in [0.25, 0.3) is 0 Å². The van der Waals surface area contributed by atoms with Crippen molar-refractivity contribution in [3.8, 4) is 0 Å². The van der Waals surface area contributed by atoms with Crippen LogP contribution in [0.15, 0.2) is 12.1 Å². The molecule has 6 heteroatoms. The van der Waals surface area contributed by atoms with Crippen LogP contribution in [0.5, 0.6) is 0 Å². The van der Waals surface area contributed by atoms with E-state index in [-0.39, 0.29) is 18.4 Å². The number of aliphatic hydroxyl groups excluding tert-OH is 1. The van der Waals surface area contributed by atoms with Crippen molar-refractivity contribution in [1.82, 2.24) is 0 Å². The maximum Gasteiger partial charge on any atom is 0.332 e. The third-order valence-corrected chi connectivity index (χ3v) is 2.06. The monoisotopic (exact) mass is 234 g/mol. The molecule has 0 aromatic heterocycles. The highest BCUT2D eigenvalue weighted by Gasteiger charge is 2.15. The second-order valence-corrected chi connectivity index (χ2v) is 3.25. The average Bonchev–Trinajstić information content (AvgIpc) is 2.20. The Bertz CT molecular complexity index is 407. The maximum atomic E-state index is 13.0. The number of benzene rings is 1. The van der Waals surface area contributed by atoms with Crippen LogP contribution in [-0.2, 0) is 11.2 Å². The minimum absolute atomic E-state index is 0.167. The van der Waals surface area contributed by atoms with Crippen molar-refractivity contribution in [2.24, 2.45) is 0 Å². The minimum atomic E-state index is -1.65. The molecule has 0 saturated heterocycles. The molecule has 0 aliphatic carbocycles. The Morgan fingerprint density at radius 2 is 1.75 bits per heavy atom. The largest absolute Gasteiger partial charge is 0.479 e.